The Bertz CT molecular complexity index is 398. The first-order valence-electron chi connectivity index (χ1n) is 3.66. The van der Waals surface area contributed by atoms with Crippen LogP contribution >= 0.6 is 11.3 Å². The molecule has 78 valence electrons. The predicted octanol–water partition coefficient (Wildman–Crippen LogP) is -0.839. The molecule has 0 saturated heterocycles. The van der Waals surface area contributed by atoms with E-state index in [9.17, 15) is 13.2 Å². The van der Waals surface area contributed by atoms with Crippen LogP contribution in [0.4, 0.5) is 0 Å². The molecule has 0 aromatic carbocycles. The van der Waals surface area contributed by atoms with Crippen LogP contribution in [0.25, 0.3) is 0 Å². The predicted molar refractivity (Wildman–Crippen MR) is 52.4 cm³/mol. The highest BCUT2D eigenvalue weighted by molar-refractivity contribution is 7.89. The number of rotatable bonds is 4. The van der Waals surface area contributed by atoms with E-state index in [0.29, 0.717) is 0 Å². The van der Waals surface area contributed by atoms with E-state index in [2.05, 4.69) is 10.3 Å². The van der Waals surface area contributed by atoms with Crippen molar-refractivity contribution in [3.05, 3.63) is 16.6 Å². The van der Waals surface area contributed by atoms with Gasteiger partial charge in [0.1, 0.15) is 5.69 Å². The zero-order valence-electron chi connectivity index (χ0n) is 7.13. The molecular weight excluding hydrogens is 226 g/mol. The minimum absolute atomic E-state index is 0.00477. The van der Waals surface area contributed by atoms with Crippen LogP contribution in [-0.4, -0.2) is 31.6 Å². The van der Waals surface area contributed by atoms with Crippen LogP contribution in [0, 0.1) is 0 Å². The van der Waals surface area contributed by atoms with Gasteiger partial charge in [-0.05, 0) is 0 Å². The number of hydrogen-bond donors (Lipinski definition) is 2. The molecule has 1 rings (SSSR count). The van der Waals surface area contributed by atoms with Crippen molar-refractivity contribution in [1.82, 2.24) is 10.3 Å². The zero-order valence-corrected chi connectivity index (χ0v) is 8.77. The first-order valence-corrected chi connectivity index (χ1v) is 6.32. The lowest BCUT2D eigenvalue weighted by Crippen LogP contribution is -2.31. The zero-order chi connectivity index (χ0) is 10.6. The van der Waals surface area contributed by atoms with Gasteiger partial charge < -0.3 is 5.32 Å². The lowest BCUT2D eigenvalue weighted by Gasteiger charge is -2.00. The Morgan fingerprint density at radius 1 is 1.64 bits per heavy atom. The number of nitrogens with one attached hydrogen (secondary N) is 1. The van der Waals surface area contributed by atoms with E-state index in [1.807, 2.05) is 0 Å². The van der Waals surface area contributed by atoms with Gasteiger partial charge in [0.05, 0.1) is 11.3 Å². The van der Waals surface area contributed by atoms with Gasteiger partial charge in [0, 0.05) is 11.9 Å². The highest BCUT2D eigenvalue weighted by Gasteiger charge is 2.08. The second-order valence-electron chi connectivity index (χ2n) is 2.50. The SMILES string of the molecule is NS(=O)(=O)CCNC(=O)c1cscn1. The quantitative estimate of drug-likeness (QED) is 0.710. The van der Waals surface area contributed by atoms with Crippen LogP contribution in [-0.2, 0) is 10.0 Å². The molecule has 0 fully saturated rings. The van der Waals surface area contributed by atoms with Crippen LogP contribution < -0.4 is 10.5 Å². The molecule has 3 N–H and O–H groups in total. The topological polar surface area (TPSA) is 102 Å². The molecule has 0 radical (unpaired) electrons. The Kier molecular flexibility index (Phi) is 3.55. The maximum Gasteiger partial charge on any atom is 0.270 e. The van der Waals surface area contributed by atoms with Gasteiger partial charge in [-0.2, -0.15) is 0 Å². The highest BCUT2D eigenvalue weighted by atomic mass is 32.2. The standard InChI is InChI=1S/C6H9N3O3S2/c7-14(11,12)2-1-8-6(10)5-3-13-4-9-5/h3-4H,1-2H2,(H,8,10)(H2,7,11,12). The van der Waals surface area contributed by atoms with Crippen LogP contribution in [0.3, 0.4) is 0 Å². The third kappa shape index (κ3) is 3.81. The second kappa shape index (κ2) is 4.49. The van der Waals surface area contributed by atoms with Crippen molar-refractivity contribution in [2.45, 2.75) is 0 Å². The Morgan fingerprint density at radius 2 is 2.36 bits per heavy atom. The molecule has 1 heterocycles. The lowest BCUT2D eigenvalue weighted by atomic mass is 10.4. The monoisotopic (exact) mass is 235 g/mol. The van der Waals surface area contributed by atoms with Crippen LogP contribution in [0.2, 0.25) is 0 Å². The van der Waals surface area contributed by atoms with Gasteiger partial charge in [-0.1, -0.05) is 0 Å². The van der Waals surface area contributed by atoms with E-state index in [1.165, 1.54) is 16.8 Å². The van der Waals surface area contributed by atoms with Gasteiger partial charge >= 0.3 is 0 Å². The maximum atomic E-state index is 11.2. The van der Waals surface area contributed by atoms with E-state index in [0.717, 1.165) is 0 Å². The Labute approximate surface area is 85.2 Å². The number of carbonyl (C=O) groups is 1. The van der Waals surface area contributed by atoms with Crippen molar-refractivity contribution in [2.24, 2.45) is 5.14 Å². The molecule has 0 atom stereocenters. The van der Waals surface area contributed by atoms with Crippen LogP contribution in [0.15, 0.2) is 10.9 Å². The Balaban J connectivity index is 2.37. The van der Waals surface area contributed by atoms with Crippen molar-refractivity contribution in [2.75, 3.05) is 12.3 Å². The molecule has 6 nitrogen and oxygen atoms in total. The molecule has 0 aliphatic rings. The van der Waals surface area contributed by atoms with Gasteiger partial charge in [0.25, 0.3) is 5.91 Å². The van der Waals surface area contributed by atoms with E-state index in [4.69, 9.17) is 5.14 Å². The number of thiazole rings is 1. The average Bonchev–Trinajstić information content (AvgIpc) is 2.53. The van der Waals surface area contributed by atoms with Gasteiger partial charge in [-0.3, -0.25) is 4.79 Å². The largest absolute Gasteiger partial charge is 0.350 e. The summed E-state index contributed by atoms with van der Waals surface area (Å²) in [5.41, 5.74) is 1.80. The fraction of sp³-hybridized carbons (Fsp3) is 0.333. The number of carbonyl (C=O) groups excluding carboxylic acids is 1. The summed E-state index contributed by atoms with van der Waals surface area (Å²) in [6, 6.07) is 0. The van der Waals surface area contributed by atoms with Crippen LogP contribution in [0.5, 0.6) is 0 Å². The first-order chi connectivity index (χ1) is 6.49. The summed E-state index contributed by atoms with van der Waals surface area (Å²) >= 11 is 1.29. The summed E-state index contributed by atoms with van der Waals surface area (Å²) in [6.07, 6.45) is 0. The summed E-state index contributed by atoms with van der Waals surface area (Å²) in [7, 11) is -3.52. The number of nitrogens with zero attached hydrogens (tertiary/aromatic N) is 1. The number of primary sulfonamides is 1. The maximum absolute atomic E-state index is 11.2. The minimum Gasteiger partial charge on any atom is -0.350 e. The van der Waals surface area contributed by atoms with Crippen molar-refractivity contribution < 1.29 is 13.2 Å². The van der Waals surface area contributed by atoms with Crippen molar-refractivity contribution >= 4 is 27.3 Å². The molecule has 0 aliphatic heterocycles. The van der Waals surface area contributed by atoms with Crippen LogP contribution in [0.1, 0.15) is 10.5 Å². The number of amides is 1. The van der Waals surface area contributed by atoms with E-state index in [-0.39, 0.29) is 18.0 Å². The molecule has 1 aromatic heterocycles. The van der Waals surface area contributed by atoms with Gasteiger partial charge in [-0.15, -0.1) is 11.3 Å². The number of aromatic nitrogens is 1. The molecule has 1 amide bonds. The summed E-state index contributed by atoms with van der Waals surface area (Å²) in [4.78, 5) is 14.9. The molecule has 0 saturated carbocycles. The molecule has 14 heavy (non-hydrogen) atoms. The molecular formula is C6H9N3O3S2. The minimum atomic E-state index is -3.52. The van der Waals surface area contributed by atoms with E-state index in [1.54, 1.807) is 5.38 Å². The number of hydrogen-bond acceptors (Lipinski definition) is 5. The Hall–Kier alpha value is -0.990. The highest BCUT2D eigenvalue weighted by Crippen LogP contribution is 1.99. The van der Waals surface area contributed by atoms with Crippen molar-refractivity contribution in [3.63, 3.8) is 0 Å². The fourth-order valence-electron chi connectivity index (χ4n) is 0.722. The third-order valence-corrected chi connectivity index (χ3v) is 2.70. The van der Waals surface area contributed by atoms with Gasteiger partial charge in [-0.25, -0.2) is 18.5 Å². The lowest BCUT2D eigenvalue weighted by molar-refractivity contribution is 0.0952. The molecule has 0 aliphatic carbocycles. The molecule has 0 unspecified atom stereocenters. The molecule has 0 bridgehead atoms. The first kappa shape index (κ1) is 11.1. The summed E-state index contributed by atoms with van der Waals surface area (Å²) < 4.78 is 21.0. The smallest absolute Gasteiger partial charge is 0.270 e. The summed E-state index contributed by atoms with van der Waals surface area (Å²) in [5.74, 6) is -0.669. The van der Waals surface area contributed by atoms with Crippen molar-refractivity contribution in [3.8, 4) is 0 Å². The third-order valence-electron chi connectivity index (χ3n) is 1.34. The van der Waals surface area contributed by atoms with Gasteiger partial charge in [0.15, 0.2) is 0 Å². The van der Waals surface area contributed by atoms with E-state index >= 15 is 0 Å². The number of nitrogens with two attached hydrogens (primary N) is 1. The summed E-state index contributed by atoms with van der Waals surface area (Å²) in [6.45, 7) is -0.00477. The van der Waals surface area contributed by atoms with Crippen molar-refractivity contribution in [1.29, 1.82) is 0 Å². The second-order valence-corrected chi connectivity index (χ2v) is 4.95. The number of sulfonamides is 1. The van der Waals surface area contributed by atoms with E-state index < -0.39 is 15.9 Å². The molecule has 1 aromatic rings. The average molecular weight is 235 g/mol. The van der Waals surface area contributed by atoms with Gasteiger partial charge in [0.2, 0.25) is 10.0 Å². The normalized spacial score (nSPS) is 11.2. The fourth-order valence-corrected chi connectivity index (χ4v) is 1.64. The molecule has 0 spiro atoms. The molecule has 8 heteroatoms. The summed E-state index contributed by atoms with van der Waals surface area (Å²) in [5, 5.41) is 8.71. The Morgan fingerprint density at radius 3 is 2.86 bits per heavy atom.